The van der Waals surface area contributed by atoms with Crippen LogP contribution in [0.25, 0.3) is 11.1 Å². The van der Waals surface area contributed by atoms with Gasteiger partial charge >= 0.3 is 5.97 Å². The van der Waals surface area contributed by atoms with E-state index in [9.17, 15) is 13.6 Å². The Labute approximate surface area is 169 Å². The molecule has 0 aliphatic heterocycles. The van der Waals surface area contributed by atoms with Crippen LogP contribution in [-0.2, 0) is 4.79 Å². The van der Waals surface area contributed by atoms with Gasteiger partial charge in [-0.25, -0.2) is 8.78 Å². The van der Waals surface area contributed by atoms with Crippen LogP contribution in [0.1, 0.15) is 50.5 Å². The SMILES string of the molecule is COc1ccc(-c2cc(F)c(C(C)CCCC(=O)O)c(F)c2)cc1OCC1CC1. The number of hydrogen-bond donors (Lipinski definition) is 1. The van der Waals surface area contributed by atoms with E-state index in [0.717, 1.165) is 12.8 Å². The Hall–Kier alpha value is -2.63. The van der Waals surface area contributed by atoms with Crippen molar-refractivity contribution < 1.29 is 28.2 Å². The summed E-state index contributed by atoms with van der Waals surface area (Å²) in [6.07, 6.45) is 3.08. The second-order valence-corrected chi connectivity index (χ2v) is 7.66. The number of methoxy groups -OCH3 is 1. The van der Waals surface area contributed by atoms with Gasteiger partial charge in [-0.2, -0.15) is 0 Å². The first-order valence-electron chi connectivity index (χ1n) is 9.91. The van der Waals surface area contributed by atoms with Crippen molar-refractivity contribution in [2.45, 2.75) is 44.9 Å². The van der Waals surface area contributed by atoms with Gasteiger partial charge in [-0.1, -0.05) is 13.0 Å². The monoisotopic (exact) mass is 404 g/mol. The fourth-order valence-electron chi connectivity index (χ4n) is 3.39. The van der Waals surface area contributed by atoms with E-state index in [1.165, 1.54) is 12.1 Å². The zero-order valence-corrected chi connectivity index (χ0v) is 16.7. The van der Waals surface area contributed by atoms with Crippen molar-refractivity contribution in [3.63, 3.8) is 0 Å². The summed E-state index contributed by atoms with van der Waals surface area (Å²) < 4.78 is 40.6. The minimum atomic E-state index is -0.910. The highest BCUT2D eigenvalue weighted by Gasteiger charge is 2.23. The number of halogens is 2. The van der Waals surface area contributed by atoms with E-state index in [0.29, 0.717) is 48.0 Å². The van der Waals surface area contributed by atoms with Gasteiger partial charge in [0, 0.05) is 12.0 Å². The summed E-state index contributed by atoms with van der Waals surface area (Å²) in [6, 6.07) is 7.85. The molecule has 156 valence electrons. The molecule has 0 heterocycles. The Kier molecular flexibility index (Phi) is 6.72. The number of hydrogen-bond acceptors (Lipinski definition) is 3. The van der Waals surface area contributed by atoms with E-state index in [4.69, 9.17) is 14.6 Å². The third-order valence-electron chi connectivity index (χ3n) is 5.27. The van der Waals surface area contributed by atoms with Gasteiger partial charge in [-0.15, -0.1) is 0 Å². The molecule has 4 nitrogen and oxygen atoms in total. The zero-order valence-electron chi connectivity index (χ0n) is 16.7. The lowest BCUT2D eigenvalue weighted by Crippen LogP contribution is -2.04. The fourth-order valence-corrected chi connectivity index (χ4v) is 3.39. The number of aliphatic carboxylic acids is 1. The lowest BCUT2D eigenvalue weighted by Gasteiger charge is -2.16. The van der Waals surface area contributed by atoms with Crippen molar-refractivity contribution in [2.75, 3.05) is 13.7 Å². The van der Waals surface area contributed by atoms with Crippen LogP contribution in [0.15, 0.2) is 30.3 Å². The standard InChI is InChI=1S/C23H26F2O4/c1-14(4-3-5-22(26)27)23-18(24)10-17(11-19(23)25)16-8-9-20(28-2)21(12-16)29-13-15-6-7-15/h8-12,14-15H,3-7,13H2,1-2H3,(H,26,27). The first kappa shape index (κ1) is 21.1. The van der Waals surface area contributed by atoms with Crippen LogP contribution >= 0.6 is 0 Å². The van der Waals surface area contributed by atoms with Crippen LogP contribution in [-0.4, -0.2) is 24.8 Å². The van der Waals surface area contributed by atoms with Crippen LogP contribution in [0, 0.1) is 17.6 Å². The van der Waals surface area contributed by atoms with E-state index in [-0.39, 0.29) is 12.0 Å². The van der Waals surface area contributed by atoms with E-state index in [2.05, 4.69) is 0 Å². The first-order chi connectivity index (χ1) is 13.9. The molecular formula is C23H26F2O4. The number of carboxylic acid groups (broad SMARTS) is 1. The second-order valence-electron chi connectivity index (χ2n) is 7.66. The Balaban J connectivity index is 1.81. The first-order valence-corrected chi connectivity index (χ1v) is 9.91. The van der Waals surface area contributed by atoms with Gasteiger partial charge < -0.3 is 14.6 Å². The topological polar surface area (TPSA) is 55.8 Å². The summed E-state index contributed by atoms with van der Waals surface area (Å²) >= 11 is 0. The molecule has 0 bridgehead atoms. The average Bonchev–Trinajstić information content (AvgIpc) is 3.49. The van der Waals surface area contributed by atoms with Crippen molar-refractivity contribution in [3.8, 4) is 22.6 Å². The molecule has 1 aliphatic carbocycles. The van der Waals surface area contributed by atoms with Crippen molar-refractivity contribution in [1.82, 2.24) is 0 Å². The minimum absolute atomic E-state index is 0.00198. The molecule has 29 heavy (non-hydrogen) atoms. The van der Waals surface area contributed by atoms with Gasteiger partial charge in [0.25, 0.3) is 0 Å². The maximum atomic E-state index is 14.7. The summed E-state index contributed by atoms with van der Waals surface area (Å²) in [4.78, 5) is 10.6. The van der Waals surface area contributed by atoms with Crippen molar-refractivity contribution in [3.05, 3.63) is 47.5 Å². The minimum Gasteiger partial charge on any atom is -0.493 e. The molecule has 6 heteroatoms. The molecular weight excluding hydrogens is 378 g/mol. The number of rotatable bonds is 10. The fraction of sp³-hybridized carbons (Fsp3) is 0.435. The van der Waals surface area contributed by atoms with Gasteiger partial charge in [-0.05, 0) is 72.9 Å². The number of ether oxygens (including phenoxy) is 2. The molecule has 0 amide bonds. The molecule has 1 atom stereocenters. The number of carboxylic acids is 1. The highest BCUT2D eigenvalue weighted by atomic mass is 19.1. The molecule has 0 saturated heterocycles. The number of carbonyl (C=O) groups is 1. The summed E-state index contributed by atoms with van der Waals surface area (Å²) in [5.74, 6) is -0.856. The summed E-state index contributed by atoms with van der Waals surface area (Å²) in [7, 11) is 1.55. The molecule has 0 spiro atoms. The van der Waals surface area contributed by atoms with Gasteiger partial charge in [0.1, 0.15) is 11.6 Å². The molecule has 2 aromatic rings. The molecule has 1 N–H and O–H groups in total. The van der Waals surface area contributed by atoms with E-state index in [1.807, 2.05) is 0 Å². The predicted molar refractivity (Wildman–Crippen MR) is 106 cm³/mol. The van der Waals surface area contributed by atoms with Gasteiger partial charge in [0.2, 0.25) is 0 Å². The summed E-state index contributed by atoms with van der Waals surface area (Å²) in [5.41, 5.74) is 1.05. The maximum absolute atomic E-state index is 14.7. The smallest absolute Gasteiger partial charge is 0.303 e. The van der Waals surface area contributed by atoms with E-state index in [1.54, 1.807) is 32.2 Å². The zero-order chi connectivity index (χ0) is 21.0. The quantitative estimate of drug-likeness (QED) is 0.545. The average molecular weight is 404 g/mol. The van der Waals surface area contributed by atoms with Crippen LogP contribution in [0.2, 0.25) is 0 Å². The van der Waals surface area contributed by atoms with Gasteiger partial charge in [-0.3, -0.25) is 4.79 Å². The molecule has 1 aliphatic rings. The molecule has 0 radical (unpaired) electrons. The van der Waals surface area contributed by atoms with Crippen LogP contribution in [0.3, 0.4) is 0 Å². The lowest BCUT2D eigenvalue weighted by molar-refractivity contribution is -0.137. The van der Waals surface area contributed by atoms with E-state index < -0.39 is 23.5 Å². The third-order valence-corrected chi connectivity index (χ3v) is 5.27. The Morgan fingerprint density at radius 1 is 1.14 bits per heavy atom. The largest absolute Gasteiger partial charge is 0.493 e. The Morgan fingerprint density at radius 2 is 1.83 bits per heavy atom. The Bertz CT molecular complexity index is 854. The highest BCUT2D eigenvalue weighted by Crippen LogP contribution is 2.37. The lowest BCUT2D eigenvalue weighted by atomic mass is 9.92. The molecule has 1 saturated carbocycles. The van der Waals surface area contributed by atoms with Gasteiger partial charge in [0.05, 0.1) is 13.7 Å². The van der Waals surface area contributed by atoms with Crippen LogP contribution < -0.4 is 9.47 Å². The molecule has 0 aromatic heterocycles. The van der Waals surface area contributed by atoms with Crippen molar-refractivity contribution in [1.29, 1.82) is 0 Å². The van der Waals surface area contributed by atoms with Crippen molar-refractivity contribution >= 4 is 5.97 Å². The molecule has 1 fully saturated rings. The Morgan fingerprint density at radius 3 is 2.41 bits per heavy atom. The van der Waals surface area contributed by atoms with Crippen molar-refractivity contribution in [2.24, 2.45) is 5.92 Å². The second kappa shape index (κ2) is 9.25. The maximum Gasteiger partial charge on any atom is 0.303 e. The third kappa shape index (κ3) is 5.46. The molecule has 1 unspecified atom stereocenters. The van der Waals surface area contributed by atoms with Crippen LogP contribution in [0.5, 0.6) is 11.5 Å². The number of benzene rings is 2. The summed E-state index contributed by atoms with van der Waals surface area (Å²) in [6.45, 7) is 2.32. The van der Waals surface area contributed by atoms with E-state index >= 15 is 0 Å². The summed E-state index contributed by atoms with van der Waals surface area (Å²) in [5, 5.41) is 8.73. The van der Waals surface area contributed by atoms with Crippen LogP contribution in [0.4, 0.5) is 8.78 Å². The molecule has 3 rings (SSSR count). The predicted octanol–water partition coefficient (Wildman–Crippen LogP) is 5.79. The molecule has 2 aromatic carbocycles. The highest BCUT2D eigenvalue weighted by molar-refractivity contribution is 5.68. The van der Waals surface area contributed by atoms with Gasteiger partial charge in [0.15, 0.2) is 11.5 Å². The normalized spacial score (nSPS) is 14.5.